The summed E-state index contributed by atoms with van der Waals surface area (Å²) in [6.45, 7) is 3.17. The monoisotopic (exact) mass is 235 g/mol. The van der Waals surface area contributed by atoms with Crippen molar-refractivity contribution >= 4 is 0 Å². The van der Waals surface area contributed by atoms with Crippen LogP contribution in [0.5, 0.6) is 5.75 Å². The molecular formula is C14H21NO2. The van der Waals surface area contributed by atoms with Gasteiger partial charge >= 0.3 is 0 Å². The number of ether oxygens (including phenoxy) is 2. The van der Waals surface area contributed by atoms with Gasteiger partial charge in [-0.3, -0.25) is 0 Å². The van der Waals surface area contributed by atoms with E-state index in [0.717, 1.165) is 30.3 Å². The lowest BCUT2D eigenvalue weighted by atomic mass is 10.1. The number of rotatable bonds is 7. The molecule has 0 aromatic heterocycles. The highest BCUT2D eigenvalue weighted by Gasteiger charge is 2.21. The van der Waals surface area contributed by atoms with Gasteiger partial charge in [-0.2, -0.15) is 0 Å². The molecule has 3 heteroatoms. The molecule has 0 bridgehead atoms. The van der Waals surface area contributed by atoms with E-state index in [9.17, 15) is 0 Å². The smallest absolute Gasteiger partial charge is 0.189 e. The van der Waals surface area contributed by atoms with E-state index in [1.54, 1.807) is 0 Å². The quantitative estimate of drug-likeness (QED) is 0.583. The van der Waals surface area contributed by atoms with Gasteiger partial charge in [-0.05, 0) is 43.7 Å². The van der Waals surface area contributed by atoms with Gasteiger partial charge in [0.25, 0.3) is 0 Å². The van der Waals surface area contributed by atoms with Crippen LogP contribution in [0, 0.1) is 5.92 Å². The van der Waals surface area contributed by atoms with E-state index >= 15 is 0 Å². The van der Waals surface area contributed by atoms with Crippen LogP contribution in [0.15, 0.2) is 24.3 Å². The lowest BCUT2D eigenvalue weighted by molar-refractivity contribution is 0.00944. The fraction of sp³-hybridized carbons (Fsp3) is 0.571. The predicted octanol–water partition coefficient (Wildman–Crippen LogP) is 2.34. The summed E-state index contributed by atoms with van der Waals surface area (Å²) < 4.78 is 11.1. The largest absolute Gasteiger partial charge is 0.467 e. The Morgan fingerprint density at radius 3 is 2.82 bits per heavy atom. The molecule has 0 spiro atoms. The molecule has 1 unspecified atom stereocenters. The molecule has 1 saturated carbocycles. The minimum absolute atomic E-state index is 0.145. The minimum atomic E-state index is 0.145. The standard InChI is InChI=1S/C14H21NO2/c1-11(15)8-13-4-2-3-5-14(13)17-10-16-9-12-6-7-12/h2-5,11-12H,6-10,15H2,1H3. The second-order valence-corrected chi connectivity index (χ2v) is 4.87. The van der Waals surface area contributed by atoms with Crippen LogP contribution < -0.4 is 10.5 Å². The number of hydrogen-bond acceptors (Lipinski definition) is 3. The summed E-state index contributed by atoms with van der Waals surface area (Å²) in [5.41, 5.74) is 6.96. The van der Waals surface area contributed by atoms with Gasteiger partial charge in [0, 0.05) is 6.04 Å². The zero-order valence-electron chi connectivity index (χ0n) is 10.4. The van der Waals surface area contributed by atoms with Crippen molar-refractivity contribution < 1.29 is 9.47 Å². The Balaban J connectivity index is 1.80. The molecule has 0 aliphatic heterocycles. The summed E-state index contributed by atoms with van der Waals surface area (Å²) in [5.74, 6) is 1.67. The molecule has 0 heterocycles. The molecule has 3 nitrogen and oxygen atoms in total. The van der Waals surface area contributed by atoms with Crippen LogP contribution >= 0.6 is 0 Å². The summed E-state index contributed by atoms with van der Waals surface area (Å²) in [7, 11) is 0. The third-order valence-corrected chi connectivity index (χ3v) is 2.86. The molecule has 0 radical (unpaired) electrons. The third kappa shape index (κ3) is 4.36. The second-order valence-electron chi connectivity index (χ2n) is 4.87. The third-order valence-electron chi connectivity index (χ3n) is 2.86. The van der Waals surface area contributed by atoms with Crippen molar-refractivity contribution in [1.29, 1.82) is 0 Å². The molecule has 1 aromatic rings. The van der Waals surface area contributed by atoms with Gasteiger partial charge in [0.05, 0.1) is 6.61 Å². The predicted molar refractivity (Wildman–Crippen MR) is 68.0 cm³/mol. The average Bonchev–Trinajstić information content (AvgIpc) is 3.09. The fourth-order valence-electron chi connectivity index (χ4n) is 1.76. The summed E-state index contributed by atoms with van der Waals surface area (Å²) in [4.78, 5) is 0. The van der Waals surface area contributed by atoms with E-state index in [4.69, 9.17) is 15.2 Å². The van der Waals surface area contributed by atoms with Crippen LogP contribution in [0.4, 0.5) is 0 Å². The Kier molecular flexibility index (Phi) is 4.40. The van der Waals surface area contributed by atoms with Gasteiger partial charge in [0.2, 0.25) is 0 Å². The first-order valence-electron chi connectivity index (χ1n) is 6.29. The van der Waals surface area contributed by atoms with Crippen LogP contribution in [0.2, 0.25) is 0 Å². The summed E-state index contributed by atoms with van der Waals surface area (Å²) in [6, 6.07) is 8.15. The summed E-state index contributed by atoms with van der Waals surface area (Å²) in [6.07, 6.45) is 3.45. The molecule has 17 heavy (non-hydrogen) atoms. The van der Waals surface area contributed by atoms with Gasteiger partial charge in [0.1, 0.15) is 5.75 Å². The molecule has 0 amide bonds. The number of nitrogens with two attached hydrogens (primary N) is 1. The van der Waals surface area contributed by atoms with E-state index in [2.05, 4.69) is 6.07 Å². The lowest BCUT2D eigenvalue weighted by Gasteiger charge is -2.13. The van der Waals surface area contributed by atoms with Gasteiger partial charge in [-0.25, -0.2) is 0 Å². The molecule has 0 saturated heterocycles. The first-order chi connectivity index (χ1) is 8.25. The maximum absolute atomic E-state index is 5.81. The Morgan fingerprint density at radius 1 is 1.35 bits per heavy atom. The summed E-state index contributed by atoms with van der Waals surface area (Å²) >= 11 is 0. The van der Waals surface area contributed by atoms with E-state index < -0.39 is 0 Å². The van der Waals surface area contributed by atoms with E-state index in [1.807, 2.05) is 25.1 Å². The molecule has 1 fully saturated rings. The normalized spacial score (nSPS) is 16.8. The van der Waals surface area contributed by atoms with Crippen molar-refractivity contribution in [2.75, 3.05) is 13.4 Å². The molecule has 2 N–H and O–H groups in total. The van der Waals surface area contributed by atoms with Gasteiger partial charge in [-0.15, -0.1) is 0 Å². The van der Waals surface area contributed by atoms with E-state index in [0.29, 0.717) is 6.79 Å². The molecule has 94 valence electrons. The highest BCUT2D eigenvalue weighted by molar-refractivity contribution is 5.33. The zero-order valence-corrected chi connectivity index (χ0v) is 10.4. The number of para-hydroxylation sites is 1. The molecule has 1 aromatic carbocycles. The van der Waals surface area contributed by atoms with E-state index in [1.165, 1.54) is 12.8 Å². The second kappa shape index (κ2) is 6.03. The fourth-order valence-corrected chi connectivity index (χ4v) is 1.76. The van der Waals surface area contributed by atoms with E-state index in [-0.39, 0.29) is 6.04 Å². The van der Waals surface area contributed by atoms with Crippen LogP contribution in [0.3, 0.4) is 0 Å². The van der Waals surface area contributed by atoms with Crippen molar-refractivity contribution in [3.63, 3.8) is 0 Å². The Bertz CT molecular complexity index is 348. The average molecular weight is 235 g/mol. The maximum Gasteiger partial charge on any atom is 0.189 e. The number of hydrogen-bond donors (Lipinski definition) is 1. The Morgan fingerprint density at radius 2 is 2.12 bits per heavy atom. The highest BCUT2D eigenvalue weighted by Crippen LogP contribution is 2.28. The molecule has 1 aliphatic carbocycles. The molecular weight excluding hydrogens is 214 g/mol. The van der Waals surface area contributed by atoms with Crippen LogP contribution in [0.1, 0.15) is 25.3 Å². The van der Waals surface area contributed by atoms with Crippen LogP contribution in [0.25, 0.3) is 0 Å². The Labute approximate surface area is 103 Å². The summed E-state index contributed by atoms with van der Waals surface area (Å²) in [5, 5.41) is 0. The van der Waals surface area contributed by atoms with Crippen LogP contribution in [-0.2, 0) is 11.2 Å². The Hall–Kier alpha value is -1.06. The van der Waals surface area contributed by atoms with Gasteiger partial charge in [0.15, 0.2) is 6.79 Å². The zero-order chi connectivity index (χ0) is 12.1. The maximum atomic E-state index is 5.81. The first kappa shape index (κ1) is 12.4. The molecule has 2 rings (SSSR count). The van der Waals surface area contributed by atoms with Crippen molar-refractivity contribution in [3.8, 4) is 5.75 Å². The van der Waals surface area contributed by atoms with Crippen molar-refractivity contribution in [1.82, 2.24) is 0 Å². The van der Waals surface area contributed by atoms with Gasteiger partial charge in [-0.1, -0.05) is 18.2 Å². The minimum Gasteiger partial charge on any atom is -0.467 e. The molecule has 1 aliphatic rings. The SMILES string of the molecule is CC(N)Cc1ccccc1OCOCC1CC1. The lowest BCUT2D eigenvalue weighted by Crippen LogP contribution is -2.18. The topological polar surface area (TPSA) is 44.5 Å². The van der Waals surface area contributed by atoms with Crippen LogP contribution in [-0.4, -0.2) is 19.4 Å². The van der Waals surface area contributed by atoms with Crippen molar-refractivity contribution in [2.45, 2.75) is 32.2 Å². The first-order valence-corrected chi connectivity index (χ1v) is 6.29. The highest BCUT2D eigenvalue weighted by atomic mass is 16.7. The van der Waals surface area contributed by atoms with Crippen molar-refractivity contribution in [3.05, 3.63) is 29.8 Å². The van der Waals surface area contributed by atoms with Crippen molar-refractivity contribution in [2.24, 2.45) is 11.7 Å². The molecule has 1 atom stereocenters. The number of benzene rings is 1. The van der Waals surface area contributed by atoms with Gasteiger partial charge < -0.3 is 15.2 Å².